The van der Waals surface area contributed by atoms with E-state index in [1.165, 1.54) is 0 Å². The average molecular weight is 410 g/mol. The van der Waals surface area contributed by atoms with E-state index in [0.29, 0.717) is 16.8 Å². The molecule has 3 nitrogen and oxygen atoms in total. The molecule has 0 radical (unpaired) electrons. The minimum Gasteiger partial charge on any atom is -0.413 e. The summed E-state index contributed by atoms with van der Waals surface area (Å²) in [5, 5.41) is 4.72. The molecule has 0 amide bonds. The second-order valence-corrected chi connectivity index (χ2v) is 8.91. The van der Waals surface area contributed by atoms with Gasteiger partial charge in [-0.15, -0.1) is 0 Å². The first-order chi connectivity index (χ1) is 14.7. The molecule has 5 aromatic carbocycles. The Labute approximate surface area is 175 Å². The fraction of sp³-hybridized carbons (Fsp3) is 0. The van der Waals surface area contributed by atoms with Gasteiger partial charge in [-0.25, -0.2) is 4.57 Å². The lowest BCUT2D eigenvalue weighted by atomic mass is 10.1. The highest BCUT2D eigenvalue weighted by atomic mass is 31.2. The molecule has 146 valence electrons. The van der Waals surface area contributed by atoms with E-state index in [-0.39, 0.29) is 0 Å². The molecule has 0 atom stereocenters. The van der Waals surface area contributed by atoms with Crippen molar-refractivity contribution in [3.63, 3.8) is 0 Å². The first kappa shape index (κ1) is 18.5. The molecule has 0 bridgehead atoms. The van der Waals surface area contributed by atoms with Crippen LogP contribution in [0.25, 0.3) is 21.5 Å². The van der Waals surface area contributed by atoms with Crippen LogP contribution in [0.15, 0.2) is 115 Å². The second-order valence-electron chi connectivity index (χ2n) is 7.03. The van der Waals surface area contributed by atoms with Crippen molar-refractivity contribution in [1.29, 1.82) is 0 Å². The van der Waals surface area contributed by atoms with Crippen molar-refractivity contribution in [2.24, 2.45) is 0 Å². The van der Waals surface area contributed by atoms with Crippen LogP contribution >= 0.6 is 7.60 Å². The fourth-order valence-electron chi connectivity index (χ4n) is 3.46. The van der Waals surface area contributed by atoms with Crippen LogP contribution in [0.1, 0.15) is 0 Å². The van der Waals surface area contributed by atoms with E-state index < -0.39 is 7.60 Å². The molecule has 30 heavy (non-hydrogen) atoms. The maximum absolute atomic E-state index is 14.0. The van der Waals surface area contributed by atoms with Gasteiger partial charge in [-0.2, -0.15) is 0 Å². The zero-order valence-corrected chi connectivity index (χ0v) is 17.0. The van der Waals surface area contributed by atoms with Crippen LogP contribution in [0.4, 0.5) is 0 Å². The highest BCUT2D eigenvalue weighted by Crippen LogP contribution is 2.48. The molecular formula is C26H19O3P. The smallest absolute Gasteiger partial charge is 0.413 e. The number of benzene rings is 5. The van der Waals surface area contributed by atoms with Crippen molar-refractivity contribution >= 4 is 34.4 Å². The standard InChI is InChI=1S/C26H19O3P/c27-30(26-12-2-1-3-13-26,28-24-16-14-20-8-4-6-10-22(20)18-24)29-25-17-15-21-9-5-7-11-23(21)19-25/h1-19H. The normalized spacial score (nSPS) is 11.5. The molecule has 0 N–H and O–H groups in total. The summed E-state index contributed by atoms with van der Waals surface area (Å²) in [6.07, 6.45) is 0. The Kier molecular flexibility index (Phi) is 4.74. The summed E-state index contributed by atoms with van der Waals surface area (Å²) in [7, 11) is -3.67. The molecule has 0 aromatic heterocycles. The van der Waals surface area contributed by atoms with Gasteiger partial charge in [0.25, 0.3) is 0 Å². The van der Waals surface area contributed by atoms with E-state index in [1.807, 2.05) is 103 Å². The zero-order chi connectivity index (χ0) is 20.4. The van der Waals surface area contributed by atoms with Crippen molar-refractivity contribution < 1.29 is 13.6 Å². The highest BCUT2D eigenvalue weighted by molar-refractivity contribution is 7.63. The molecule has 0 spiro atoms. The molecule has 0 saturated carbocycles. The molecular weight excluding hydrogens is 391 g/mol. The molecule has 0 aliphatic rings. The first-order valence-corrected chi connectivity index (χ1v) is 11.3. The van der Waals surface area contributed by atoms with Gasteiger partial charge in [0.1, 0.15) is 11.5 Å². The van der Waals surface area contributed by atoms with Gasteiger partial charge in [0.15, 0.2) is 0 Å². The van der Waals surface area contributed by atoms with Crippen LogP contribution in [-0.2, 0) is 4.57 Å². The van der Waals surface area contributed by atoms with Crippen LogP contribution in [0.5, 0.6) is 11.5 Å². The van der Waals surface area contributed by atoms with Crippen molar-refractivity contribution in [2.75, 3.05) is 0 Å². The van der Waals surface area contributed by atoms with Crippen LogP contribution in [0.3, 0.4) is 0 Å². The van der Waals surface area contributed by atoms with Gasteiger partial charge >= 0.3 is 7.60 Å². The first-order valence-electron chi connectivity index (χ1n) is 9.72. The van der Waals surface area contributed by atoms with Gasteiger partial charge in [-0.05, 0) is 57.9 Å². The average Bonchev–Trinajstić information content (AvgIpc) is 2.79. The summed E-state index contributed by atoms with van der Waals surface area (Å²) in [6.45, 7) is 0. The second kappa shape index (κ2) is 7.70. The minimum atomic E-state index is -3.67. The Morgan fingerprint density at radius 1 is 0.467 bits per heavy atom. The molecule has 0 heterocycles. The Bertz CT molecular complexity index is 1290. The van der Waals surface area contributed by atoms with E-state index in [2.05, 4.69) is 0 Å². The topological polar surface area (TPSA) is 35.5 Å². The maximum Gasteiger partial charge on any atom is 0.462 e. The van der Waals surface area contributed by atoms with E-state index in [4.69, 9.17) is 9.05 Å². The van der Waals surface area contributed by atoms with Crippen LogP contribution in [0, 0.1) is 0 Å². The summed E-state index contributed by atoms with van der Waals surface area (Å²) in [5.41, 5.74) is 0. The molecule has 0 aliphatic heterocycles. The molecule has 5 rings (SSSR count). The third kappa shape index (κ3) is 3.68. The Balaban J connectivity index is 1.55. The lowest BCUT2D eigenvalue weighted by molar-refractivity contribution is 0.399. The predicted octanol–water partition coefficient (Wildman–Crippen LogP) is 6.97. The molecule has 0 saturated heterocycles. The highest BCUT2D eigenvalue weighted by Gasteiger charge is 2.31. The number of rotatable bonds is 5. The van der Waals surface area contributed by atoms with Crippen LogP contribution < -0.4 is 14.4 Å². The summed E-state index contributed by atoms with van der Waals surface area (Å²) in [5.74, 6) is 1.00. The molecule has 4 heteroatoms. The molecule has 0 fully saturated rings. The van der Waals surface area contributed by atoms with E-state index in [9.17, 15) is 4.57 Å². The largest absolute Gasteiger partial charge is 0.462 e. The SMILES string of the molecule is O=P(Oc1ccc2ccccc2c1)(Oc1ccc2ccccc2c1)c1ccccc1. The Morgan fingerprint density at radius 3 is 1.40 bits per heavy atom. The molecule has 0 unspecified atom stereocenters. The summed E-state index contributed by atoms with van der Waals surface area (Å²) < 4.78 is 26.1. The molecule has 5 aromatic rings. The van der Waals surface area contributed by atoms with Gasteiger partial charge in [0.05, 0.1) is 5.30 Å². The van der Waals surface area contributed by atoms with Gasteiger partial charge in [-0.3, -0.25) is 0 Å². The predicted molar refractivity (Wildman–Crippen MR) is 123 cm³/mol. The number of hydrogen-bond donors (Lipinski definition) is 0. The summed E-state index contributed by atoms with van der Waals surface area (Å²) in [4.78, 5) is 0. The van der Waals surface area contributed by atoms with E-state index in [1.54, 1.807) is 12.1 Å². The van der Waals surface area contributed by atoms with Gasteiger partial charge < -0.3 is 9.05 Å². The van der Waals surface area contributed by atoms with E-state index >= 15 is 0 Å². The lowest BCUT2D eigenvalue weighted by Gasteiger charge is -2.20. The molecule has 0 aliphatic carbocycles. The van der Waals surface area contributed by atoms with Gasteiger partial charge in [0.2, 0.25) is 0 Å². The van der Waals surface area contributed by atoms with E-state index in [0.717, 1.165) is 21.5 Å². The van der Waals surface area contributed by atoms with Crippen molar-refractivity contribution in [3.05, 3.63) is 115 Å². The van der Waals surface area contributed by atoms with Crippen LogP contribution in [0.2, 0.25) is 0 Å². The van der Waals surface area contributed by atoms with Crippen LogP contribution in [-0.4, -0.2) is 0 Å². The zero-order valence-electron chi connectivity index (χ0n) is 16.1. The van der Waals surface area contributed by atoms with Crippen molar-refractivity contribution in [3.8, 4) is 11.5 Å². The monoisotopic (exact) mass is 410 g/mol. The van der Waals surface area contributed by atoms with Gasteiger partial charge in [-0.1, -0.05) is 78.9 Å². The summed E-state index contributed by atoms with van der Waals surface area (Å²) >= 11 is 0. The number of fused-ring (bicyclic) bond motifs is 2. The Hall–Kier alpha value is -3.55. The maximum atomic E-state index is 14.0. The summed E-state index contributed by atoms with van der Waals surface area (Å²) in [6, 6.07) is 36.3. The quantitative estimate of drug-likeness (QED) is 0.294. The number of hydrogen-bond acceptors (Lipinski definition) is 3. The lowest BCUT2D eigenvalue weighted by Crippen LogP contribution is -2.14. The van der Waals surface area contributed by atoms with Crippen molar-refractivity contribution in [2.45, 2.75) is 0 Å². The third-order valence-corrected chi connectivity index (χ3v) is 6.80. The van der Waals surface area contributed by atoms with Crippen molar-refractivity contribution in [1.82, 2.24) is 0 Å². The fourth-order valence-corrected chi connectivity index (χ4v) is 5.03. The third-order valence-electron chi connectivity index (χ3n) is 4.97. The van der Waals surface area contributed by atoms with Gasteiger partial charge in [0, 0.05) is 0 Å². The Morgan fingerprint density at radius 2 is 0.900 bits per heavy atom. The minimum absolute atomic E-state index is 0.502.